The Morgan fingerprint density at radius 1 is 0.828 bits per heavy atom. The molecule has 0 saturated heterocycles. The van der Waals surface area contributed by atoms with Crippen molar-refractivity contribution in [3.63, 3.8) is 0 Å². The number of benzene rings is 3. The zero-order valence-electron chi connectivity index (χ0n) is 17.7. The topological polar surface area (TPSA) is 30.5 Å². The maximum atomic E-state index is 5.99. The van der Waals surface area contributed by atoms with Crippen LogP contribution in [-0.4, -0.2) is 13.2 Å². The van der Waals surface area contributed by atoms with E-state index in [1.54, 1.807) is 7.11 Å². The van der Waals surface area contributed by atoms with Crippen molar-refractivity contribution in [3.05, 3.63) is 95.1 Å². The van der Waals surface area contributed by atoms with Crippen LogP contribution in [0.2, 0.25) is 0 Å². The molecule has 1 unspecified atom stereocenters. The van der Waals surface area contributed by atoms with Crippen LogP contribution in [0.3, 0.4) is 0 Å². The van der Waals surface area contributed by atoms with Crippen molar-refractivity contribution >= 4 is 0 Å². The SMILES string of the molecule is COc1cc(CNC(C)CCc2ccccc2)ccc1OCc1cccc(C)c1. The van der Waals surface area contributed by atoms with Gasteiger partial charge in [0.25, 0.3) is 0 Å². The maximum Gasteiger partial charge on any atom is 0.161 e. The predicted molar refractivity (Wildman–Crippen MR) is 120 cm³/mol. The summed E-state index contributed by atoms with van der Waals surface area (Å²) in [6, 6.07) is 25.6. The monoisotopic (exact) mass is 389 g/mol. The molecule has 0 amide bonds. The Morgan fingerprint density at radius 2 is 1.62 bits per heavy atom. The minimum Gasteiger partial charge on any atom is -0.493 e. The van der Waals surface area contributed by atoms with E-state index >= 15 is 0 Å². The summed E-state index contributed by atoms with van der Waals surface area (Å²) in [6.07, 6.45) is 2.20. The van der Waals surface area contributed by atoms with Crippen LogP contribution in [-0.2, 0) is 19.6 Å². The summed E-state index contributed by atoms with van der Waals surface area (Å²) in [5.41, 5.74) is 4.97. The first kappa shape index (κ1) is 20.9. The minimum atomic E-state index is 0.443. The van der Waals surface area contributed by atoms with Crippen molar-refractivity contribution in [1.82, 2.24) is 5.32 Å². The molecule has 0 fully saturated rings. The molecule has 152 valence electrons. The van der Waals surface area contributed by atoms with Crippen molar-refractivity contribution in [3.8, 4) is 11.5 Å². The van der Waals surface area contributed by atoms with Gasteiger partial charge in [-0.05, 0) is 55.5 Å². The first-order chi connectivity index (χ1) is 14.1. The van der Waals surface area contributed by atoms with E-state index in [1.165, 1.54) is 16.7 Å². The standard InChI is InChI=1S/C26H31NO2/c1-20-8-7-11-24(16-20)19-29-25-15-14-23(17-26(25)28-3)18-27-21(2)12-13-22-9-5-4-6-10-22/h4-11,14-17,21,27H,12-13,18-19H2,1-3H3. The minimum absolute atomic E-state index is 0.443. The molecule has 0 aliphatic heterocycles. The first-order valence-corrected chi connectivity index (χ1v) is 10.3. The van der Waals surface area contributed by atoms with Crippen molar-refractivity contribution in [2.24, 2.45) is 0 Å². The molecule has 0 heterocycles. The van der Waals surface area contributed by atoms with E-state index < -0.39 is 0 Å². The first-order valence-electron chi connectivity index (χ1n) is 10.3. The smallest absolute Gasteiger partial charge is 0.161 e. The van der Waals surface area contributed by atoms with Gasteiger partial charge in [-0.25, -0.2) is 0 Å². The Hall–Kier alpha value is -2.78. The molecule has 1 atom stereocenters. The fraction of sp³-hybridized carbons (Fsp3) is 0.308. The third kappa shape index (κ3) is 6.65. The van der Waals surface area contributed by atoms with Crippen LogP contribution in [0.5, 0.6) is 11.5 Å². The second kappa shape index (κ2) is 10.7. The Kier molecular flexibility index (Phi) is 7.71. The summed E-state index contributed by atoms with van der Waals surface area (Å²) in [5.74, 6) is 1.55. The van der Waals surface area contributed by atoms with Gasteiger partial charge in [0.2, 0.25) is 0 Å². The number of methoxy groups -OCH3 is 1. The lowest BCUT2D eigenvalue weighted by Gasteiger charge is -2.16. The molecule has 0 aliphatic rings. The van der Waals surface area contributed by atoms with Crippen LogP contribution < -0.4 is 14.8 Å². The number of hydrogen-bond acceptors (Lipinski definition) is 3. The van der Waals surface area contributed by atoms with Crippen LogP contribution in [0.1, 0.15) is 35.6 Å². The predicted octanol–water partition coefficient (Wildman–Crippen LogP) is 5.69. The number of ether oxygens (including phenoxy) is 2. The van der Waals surface area contributed by atoms with E-state index in [-0.39, 0.29) is 0 Å². The van der Waals surface area contributed by atoms with Crippen molar-refractivity contribution < 1.29 is 9.47 Å². The van der Waals surface area contributed by atoms with Gasteiger partial charge in [-0.15, -0.1) is 0 Å². The number of aryl methyl sites for hydroxylation is 2. The maximum absolute atomic E-state index is 5.99. The van der Waals surface area contributed by atoms with Crippen molar-refractivity contribution in [1.29, 1.82) is 0 Å². The fourth-order valence-electron chi connectivity index (χ4n) is 3.33. The molecule has 3 nitrogen and oxygen atoms in total. The molecule has 0 aromatic heterocycles. The molecule has 3 rings (SSSR count). The van der Waals surface area contributed by atoms with Crippen molar-refractivity contribution in [2.45, 2.75) is 45.9 Å². The molecular weight excluding hydrogens is 358 g/mol. The van der Waals surface area contributed by atoms with E-state index in [2.05, 4.69) is 85.9 Å². The van der Waals surface area contributed by atoms with E-state index in [0.717, 1.165) is 36.4 Å². The van der Waals surface area contributed by atoms with Crippen LogP contribution in [0.15, 0.2) is 72.8 Å². The molecule has 29 heavy (non-hydrogen) atoms. The Labute approximate surface area is 174 Å². The van der Waals surface area contributed by atoms with E-state index in [9.17, 15) is 0 Å². The van der Waals surface area contributed by atoms with E-state index in [1.807, 2.05) is 6.07 Å². The van der Waals surface area contributed by atoms with Gasteiger partial charge >= 0.3 is 0 Å². The van der Waals surface area contributed by atoms with Gasteiger partial charge in [0.15, 0.2) is 11.5 Å². The van der Waals surface area contributed by atoms with Crippen molar-refractivity contribution in [2.75, 3.05) is 7.11 Å². The van der Waals surface area contributed by atoms with Crippen LogP contribution in [0.4, 0.5) is 0 Å². The summed E-state index contributed by atoms with van der Waals surface area (Å²) < 4.78 is 11.5. The average molecular weight is 390 g/mol. The van der Waals surface area contributed by atoms with Gasteiger partial charge in [-0.3, -0.25) is 0 Å². The van der Waals surface area contributed by atoms with Gasteiger partial charge in [0, 0.05) is 12.6 Å². The highest BCUT2D eigenvalue weighted by molar-refractivity contribution is 5.43. The zero-order chi connectivity index (χ0) is 20.5. The number of rotatable bonds is 10. The molecule has 3 heteroatoms. The molecule has 0 bridgehead atoms. The quantitative estimate of drug-likeness (QED) is 0.483. The van der Waals surface area contributed by atoms with Gasteiger partial charge in [0.05, 0.1) is 7.11 Å². The van der Waals surface area contributed by atoms with E-state index in [4.69, 9.17) is 9.47 Å². The lowest BCUT2D eigenvalue weighted by atomic mass is 10.1. The Balaban J connectivity index is 1.51. The summed E-state index contributed by atoms with van der Waals surface area (Å²) in [6.45, 7) is 5.67. The largest absolute Gasteiger partial charge is 0.493 e. The lowest BCUT2D eigenvalue weighted by molar-refractivity contribution is 0.284. The summed E-state index contributed by atoms with van der Waals surface area (Å²) >= 11 is 0. The second-order valence-corrected chi connectivity index (χ2v) is 7.57. The Bertz CT molecular complexity index is 892. The average Bonchev–Trinajstić information content (AvgIpc) is 2.75. The molecule has 3 aromatic rings. The van der Waals surface area contributed by atoms with Crippen LogP contribution >= 0.6 is 0 Å². The molecule has 3 aromatic carbocycles. The van der Waals surface area contributed by atoms with Gasteiger partial charge < -0.3 is 14.8 Å². The second-order valence-electron chi connectivity index (χ2n) is 7.57. The normalized spacial score (nSPS) is 11.8. The molecule has 0 saturated carbocycles. The molecular formula is C26H31NO2. The highest BCUT2D eigenvalue weighted by Crippen LogP contribution is 2.29. The molecule has 0 radical (unpaired) electrons. The summed E-state index contributed by atoms with van der Waals surface area (Å²) in [4.78, 5) is 0. The fourth-order valence-corrected chi connectivity index (χ4v) is 3.33. The van der Waals surface area contributed by atoms with Gasteiger partial charge in [-0.2, -0.15) is 0 Å². The zero-order valence-corrected chi connectivity index (χ0v) is 17.7. The molecule has 0 spiro atoms. The lowest BCUT2D eigenvalue weighted by Crippen LogP contribution is -2.26. The van der Waals surface area contributed by atoms with Gasteiger partial charge in [-0.1, -0.05) is 66.2 Å². The van der Waals surface area contributed by atoms with Crippen LogP contribution in [0, 0.1) is 6.92 Å². The third-order valence-corrected chi connectivity index (χ3v) is 5.07. The number of nitrogens with one attached hydrogen (secondary N) is 1. The molecule has 1 N–H and O–H groups in total. The third-order valence-electron chi connectivity index (χ3n) is 5.07. The van der Waals surface area contributed by atoms with Crippen LogP contribution in [0.25, 0.3) is 0 Å². The van der Waals surface area contributed by atoms with Gasteiger partial charge in [0.1, 0.15) is 6.61 Å². The number of hydrogen-bond donors (Lipinski definition) is 1. The highest BCUT2D eigenvalue weighted by atomic mass is 16.5. The summed E-state index contributed by atoms with van der Waals surface area (Å²) in [5, 5.41) is 3.61. The Morgan fingerprint density at radius 3 is 2.38 bits per heavy atom. The molecule has 0 aliphatic carbocycles. The summed E-state index contributed by atoms with van der Waals surface area (Å²) in [7, 11) is 1.69. The highest BCUT2D eigenvalue weighted by Gasteiger charge is 2.08. The van der Waals surface area contributed by atoms with E-state index in [0.29, 0.717) is 12.6 Å².